The number of thiophene rings is 1. The summed E-state index contributed by atoms with van der Waals surface area (Å²) < 4.78 is 0. The van der Waals surface area contributed by atoms with Crippen LogP contribution in [0.25, 0.3) is 10.2 Å². The molecule has 2 heterocycles. The van der Waals surface area contributed by atoms with Crippen molar-refractivity contribution < 1.29 is 0 Å². The van der Waals surface area contributed by atoms with Gasteiger partial charge in [-0.1, -0.05) is 32.6 Å². The molecule has 3 rings (SSSR count). The third-order valence-electron chi connectivity index (χ3n) is 4.01. The summed E-state index contributed by atoms with van der Waals surface area (Å²) in [6.07, 6.45) is 8.84. The molecule has 1 aliphatic carbocycles. The summed E-state index contributed by atoms with van der Waals surface area (Å²) in [5, 5.41) is 4.75. The van der Waals surface area contributed by atoms with Crippen molar-refractivity contribution in [2.24, 2.45) is 0 Å². The van der Waals surface area contributed by atoms with Crippen molar-refractivity contribution >= 4 is 33.3 Å². The summed E-state index contributed by atoms with van der Waals surface area (Å²) in [6, 6.07) is 2.73. The van der Waals surface area contributed by atoms with Gasteiger partial charge in [-0.15, -0.1) is 11.3 Å². The summed E-state index contributed by atoms with van der Waals surface area (Å²) >= 11 is 1.72. The molecule has 1 fully saturated rings. The van der Waals surface area contributed by atoms with Crippen LogP contribution in [0.4, 0.5) is 11.8 Å². The Morgan fingerprint density at radius 1 is 1.25 bits per heavy atom. The standard InChI is InChI=1S/C15H22N4S/c1-2-11-9-12-13(18-15(16)19-14(12)20-11)17-10-7-5-3-4-6-8-10/h9-10H,2-8H2,1H3,(H3,16,17,18,19). The number of rotatable bonds is 3. The molecule has 1 aliphatic rings. The van der Waals surface area contributed by atoms with E-state index in [1.54, 1.807) is 11.3 Å². The van der Waals surface area contributed by atoms with Gasteiger partial charge in [-0.05, 0) is 25.3 Å². The Balaban J connectivity index is 1.90. The highest BCUT2D eigenvalue weighted by atomic mass is 32.1. The molecule has 1 saturated carbocycles. The molecule has 0 bridgehead atoms. The third-order valence-corrected chi connectivity index (χ3v) is 5.18. The second-order valence-electron chi connectivity index (χ2n) is 5.55. The SMILES string of the molecule is CCc1cc2c(NC3CCCCCC3)nc(N)nc2s1. The molecule has 0 aliphatic heterocycles. The molecule has 2 aromatic heterocycles. The second kappa shape index (κ2) is 5.95. The number of fused-ring (bicyclic) bond motifs is 1. The van der Waals surface area contributed by atoms with Gasteiger partial charge in [0.25, 0.3) is 0 Å². The first-order valence-electron chi connectivity index (χ1n) is 7.58. The average Bonchev–Trinajstić information content (AvgIpc) is 2.67. The number of nitrogens with two attached hydrogens (primary N) is 1. The molecule has 4 nitrogen and oxygen atoms in total. The molecule has 0 saturated heterocycles. The maximum absolute atomic E-state index is 5.86. The summed E-state index contributed by atoms with van der Waals surface area (Å²) in [5.41, 5.74) is 5.86. The van der Waals surface area contributed by atoms with E-state index in [0.717, 1.165) is 22.5 Å². The molecule has 0 amide bonds. The Hall–Kier alpha value is -1.36. The van der Waals surface area contributed by atoms with Crippen molar-refractivity contribution in [1.29, 1.82) is 0 Å². The van der Waals surface area contributed by atoms with E-state index < -0.39 is 0 Å². The Morgan fingerprint density at radius 2 is 2.00 bits per heavy atom. The van der Waals surface area contributed by atoms with Crippen molar-refractivity contribution in [3.63, 3.8) is 0 Å². The number of nitrogen functional groups attached to an aromatic ring is 1. The lowest BCUT2D eigenvalue weighted by Crippen LogP contribution is -2.19. The minimum Gasteiger partial charge on any atom is -0.368 e. The molecule has 0 radical (unpaired) electrons. The van der Waals surface area contributed by atoms with Crippen molar-refractivity contribution in [2.75, 3.05) is 11.1 Å². The number of aryl methyl sites for hydroxylation is 1. The number of hydrogen-bond acceptors (Lipinski definition) is 5. The highest BCUT2D eigenvalue weighted by Crippen LogP contribution is 2.31. The molecule has 0 unspecified atom stereocenters. The van der Waals surface area contributed by atoms with Gasteiger partial charge in [0.1, 0.15) is 10.6 Å². The minimum atomic E-state index is 0.373. The average molecular weight is 290 g/mol. The fourth-order valence-corrected chi connectivity index (χ4v) is 3.86. The summed E-state index contributed by atoms with van der Waals surface area (Å²) in [5.74, 6) is 1.30. The van der Waals surface area contributed by atoms with Gasteiger partial charge in [-0.25, -0.2) is 4.98 Å². The normalized spacial score (nSPS) is 17.2. The largest absolute Gasteiger partial charge is 0.368 e. The van der Waals surface area contributed by atoms with E-state index in [-0.39, 0.29) is 0 Å². The van der Waals surface area contributed by atoms with E-state index in [4.69, 9.17) is 5.73 Å². The Morgan fingerprint density at radius 3 is 2.70 bits per heavy atom. The number of nitrogens with zero attached hydrogens (tertiary/aromatic N) is 2. The molecular weight excluding hydrogens is 268 g/mol. The Bertz CT molecular complexity index is 585. The monoisotopic (exact) mass is 290 g/mol. The smallest absolute Gasteiger partial charge is 0.223 e. The van der Waals surface area contributed by atoms with Crippen LogP contribution < -0.4 is 11.1 Å². The maximum Gasteiger partial charge on any atom is 0.223 e. The zero-order valence-electron chi connectivity index (χ0n) is 12.0. The molecular formula is C15H22N4S. The van der Waals surface area contributed by atoms with Gasteiger partial charge < -0.3 is 11.1 Å². The fourth-order valence-electron chi connectivity index (χ4n) is 2.89. The van der Waals surface area contributed by atoms with Crippen LogP contribution >= 0.6 is 11.3 Å². The molecule has 108 valence electrons. The van der Waals surface area contributed by atoms with Crippen molar-refractivity contribution in [3.8, 4) is 0 Å². The van der Waals surface area contributed by atoms with E-state index in [1.807, 2.05) is 0 Å². The molecule has 0 spiro atoms. The van der Waals surface area contributed by atoms with Crippen LogP contribution in [0.5, 0.6) is 0 Å². The Labute approximate surface area is 123 Å². The number of hydrogen-bond donors (Lipinski definition) is 2. The van der Waals surface area contributed by atoms with Gasteiger partial charge in [0.15, 0.2) is 0 Å². The first-order chi connectivity index (χ1) is 9.76. The van der Waals surface area contributed by atoms with Crippen LogP contribution in [0.1, 0.15) is 50.3 Å². The first kappa shape index (κ1) is 13.6. The predicted molar refractivity (Wildman–Crippen MR) is 86.3 cm³/mol. The molecule has 20 heavy (non-hydrogen) atoms. The lowest BCUT2D eigenvalue weighted by Gasteiger charge is -2.17. The predicted octanol–water partition coefficient (Wildman–Crippen LogP) is 3.97. The van der Waals surface area contributed by atoms with Gasteiger partial charge in [0.05, 0.1) is 5.39 Å². The van der Waals surface area contributed by atoms with E-state index >= 15 is 0 Å². The van der Waals surface area contributed by atoms with Crippen LogP contribution in [-0.4, -0.2) is 16.0 Å². The molecule has 0 atom stereocenters. The molecule has 5 heteroatoms. The topological polar surface area (TPSA) is 63.8 Å². The lowest BCUT2D eigenvalue weighted by molar-refractivity contribution is 0.618. The fraction of sp³-hybridized carbons (Fsp3) is 0.600. The minimum absolute atomic E-state index is 0.373. The highest BCUT2D eigenvalue weighted by Gasteiger charge is 2.16. The van der Waals surface area contributed by atoms with Crippen LogP contribution in [0.2, 0.25) is 0 Å². The highest BCUT2D eigenvalue weighted by molar-refractivity contribution is 7.18. The third kappa shape index (κ3) is 2.87. The van der Waals surface area contributed by atoms with Crippen molar-refractivity contribution in [3.05, 3.63) is 10.9 Å². The number of aromatic nitrogens is 2. The molecule has 3 N–H and O–H groups in total. The molecule has 0 aromatic carbocycles. The molecule has 2 aromatic rings. The van der Waals surface area contributed by atoms with Crippen LogP contribution in [0, 0.1) is 0 Å². The van der Waals surface area contributed by atoms with E-state index in [2.05, 4.69) is 28.3 Å². The summed E-state index contributed by atoms with van der Waals surface area (Å²) in [4.78, 5) is 11.1. The lowest BCUT2D eigenvalue weighted by atomic mass is 10.1. The Kier molecular flexibility index (Phi) is 4.05. The zero-order chi connectivity index (χ0) is 13.9. The van der Waals surface area contributed by atoms with E-state index in [9.17, 15) is 0 Å². The summed E-state index contributed by atoms with van der Waals surface area (Å²) in [7, 11) is 0. The first-order valence-corrected chi connectivity index (χ1v) is 8.40. The van der Waals surface area contributed by atoms with Crippen LogP contribution in [0.15, 0.2) is 6.07 Å². The van der Waals surface area contributed by atoms with E-state index in [1.165, 1.54) is 43.4 Å². The van der Waals surface area contributed by atoms with Gasteiger partial charge in [-0.3, -0.25) is 0 Å². The van der Waals surface area contributed by atoms with Crippen molar-refractivity contribution in [1.82, 2.24) is 9.97 Å². The van der Waals surface area contributed by atoms with Gasteiger partial charge in [-0.2, -0.15) is 4.98 Å². The van der Waals surface area contributed by atoms with Gasteiger partial charge in [0.2, 0.25) is 5.95 Å². The van der Waals surface area contributed by atoms with Crippen molar-refractivity contribution in [2.45, 2.75) is 57.9 Å². The summed E-state index contributed by atoms with van der Waals surface area (Å²) in [6.45, 7) is 2.17. The van der Waals surface area contributed by atoms with Crippen LogP contribution in [0.3, 0.4) is 0 Å². The number of nitrogens with one attached hydrogen (secondary N) is 1. The quantitative estimate of drug-likeness (QED) is 0.840. The number of anilines is 2. The zero-order valence-corrected chi connectivity index (χ0v) is 12.8. The van der Waals surface area contributed by atoms with E-state index in [0.29, 0.717) is 12.0 Å². The maximum atomic E-state index is 5.86. The van der Waals surface area contributed by atoms with Gasteiger partial charge >= 0.3 is 0 Å². The van der Waals surface area contributed by atoms with Crippen LogP contribution in [-0.2, 0) is 6.42 Å². The van der Waals surface area contributed by atoms with Gasteiger partial charge in [0, 0.05) is 10.9 Å². The second-order valence-corrected chi connectivity index (χ2v) is 6.66.